The van der Waals surface area contributed by atoms with Crippen LogP contribution in [0.2, 0.25) is 0 Å². The lowest BCUT2D eigenvalue weighted by atomic mass is 10.1. The fraction of sp³-hybridized carbons (Fsp3) is 0.533. The van der Waals surface area contributed by atoms with Crippen LogP contribution in [0.1, 0.15) is 41.6 Å². The molecule has 1 amide bonds. The van der Waals surface area contributed by atoms with Gasteiger partial charge in [0.25, 0.3) is 5.91 Å². The molecule has 3 nitrogen and oxygen atoms in total. The van der Waals surface area contributed by atoms with Crippen LogP contribution in [-0.4, -0.2) is 35.1 Å². The Balaban J connectivity index is 2.14. The highest BCUT2D eigenvalue weighted by molar-refractivity contribution is 5.94. The molecule has 0 atom stereocenters. The fourth-order valence-corrected chi connectivity index (χ4v) is 2.64. The van der Waals surface area contributed by atoms with E-state index < -0.39 is 0 Å². The number of rotatable bonds is 4. The van der Waals surface area contributed by atoms with E-state index in [1.54, 1.807) is 0 Å². The third kappa shape index (κ3) is 2.91. The van der Waals surface area contributed by atoms with Gasteiger partial charge in [0.05, 0.1) is 6.61 Å². The van der Waals surface area contributed by atoms with Gasteiger partial charge in [-0.1, -0.05) is 30.5 Å². The van der Waals surface area contributed by atoms with Gasteiger partial charge in [-0.05, 0) is 31.9 Å². The maximum Gasteiger partial charge on any atom is 0.254 e. The van der Waals surface area contributed by atoms with Crippen LogP contribution in [-0.2, 0) is 0 Å². The molecule has 0 bridgehead atoms. The van der Waals surface area contributed by atoms with Gasteiger partial charge < -0.3 is 10.0 Å². The predicted molar refractivity (Wildman–Crippen MR) is 71.6 cm³/mol. The minimum absolute atomic E-state index is 0.0358. The molecular weight excluding hydrogens is 226 g/mol. The van der Waals surface area contributed by atoms with Gasteiger partial charge in [-0.2, -0.15) is 0 Å². The Morgan fingerprint density at radius 1 is 1.28 bits per heavy atom. The SMILES string of the molecule is Cc1ccc(C(=O)N(CCO)C2CCCC2)cc1. The Hall–Kier alpha value is -1.35. The quantitative estimate of drug-likeness (QED) is 0.887. The third-order valence-corrected chi connectivity index (χ3v) is 3.67. The van der Waals surface area contributed by atoms with Crippen LogP contribution in [0.15, 0.2) is 24.3 Å². The number of amides is 1. The second-order valence-corrected chi connectivity index (χ2v) is 5.03. The highest BCUT2D eigenvalue weighted by atomic mass is 16.3. The summed E-state index contributed by atoms with van der Waals surface area (Å²) < 4.78 is 0. The zero-order chi connectivity index (χ0) is 13.0. The van der Waals surface area contributed by atoms with Gasteiger partial charge in [0.2, 0.25) is 0 Å². The van der Waals surface area contributed by atoms with E-state index in [-0.39, 0.29) is 12.5 Å². The summed E-state index contributed by atoms with van der Waals surface area (Å²) in [4.78, 5) is 14.3. The molecule has 1 saturated carbocycles. The molecule has 0 radical (unpaired) electrons. The molecule has 1 aromatic carbocycles. The second-order valence-electron chi connectivity index (χ2n) is 5.03. The molecule has 1 N–H and O–H groups in total. The summed E-state index contributed by atoms with van der Waals surface area (Å²) in [7, 11) is 0. The molecule has 0 aliphatic heterocycles. The zero-order valence-electron chi connectivity index (χ0n) is 10.9. The Labute approximate surface area is 108 Å². The predicted octanol–water partition coefficient (Wildman–Crippen LogP) is 2.37. The Kier molecular flexibility index (Phi) is 4.37. The van der Waals surface area contributed by atoms with Crippen molar-refractivity contribution in [2.45, 2.75) is 38.6 Å². The number of aliphatic hydroxyl groups excluding tert-OH is 1. The van der Waals surface area contributed by atoms with Crippen molar-refractivity contribution < 1.29 is 9.90 Å². The number of nitrogens with zero attached hydrogens (tertiary/aromatic N) is 1. The average molecular weight is 247 g/mol. The van der Waals surface area contributed by atoms with Gasteiger partial charge in [0.15, 0.2) is 0 Å². The number of hydrogen-bond donors (Lipinski definition) is 1. The van der Waals surface area contributed by atoms with Crippen LogP contribution in [0, 0.1) is 6.92 Å². The first-order valence-electron chi connectivity index (χ1n) is 6.71. The van der Waals surface area contributed by atoms with Crippen molar-refractivity contribution in [3.05, 3.63) is 35.4 Å². The summed E-state index contributed by atoms with van der Waals surface area (Å²) in [6, 6.07) is 7.97. The smallest absolute Gasteiger partial charge is 0.254 e. The first-order valence-corrected chi connectivity index (χ1v) is 6.71. The molecule has 98 valence electrons. The Morgan fingerprint density at radius 3 is 2.44 bits per heavy atom. The minimum Gasteiger partial charge on any atom is -0.395 e. The molecule has 0 saturated heterocycles. The molecule has 1 aliphatic carbocycles. The molecule has 0 aromatic heterocycles. The normalized spacial score (nSPS) is 15.9. The number of aryl methyl sites for hydroxylation is 1. The summed E-state index contributed by atoms with van der Waals surface area (Å²) in [5.74, 6) is 0.0518. The molecule has 2 rings (SSSR count). The van der Waals surface area contributed by atoms with Gasteiger partial charge in [0.1, 0.15) is 0 Å². The molecule has 1 aliphatic rings. The summed E-state index contributed by atoms with van der Waals surface area (Å²) in [6.45, 7) is 2.49. The second kappa shape index (κ2) is 6.01. The lowest BCUT2D eigenvalue weighted by molar-refractivity contribution is 0.0638. The van der Waals surface area contributed by atoms with Gasteiger partial charge in [-0.3, -0.25) is 4.79 Å². The van der Waals surface area contributed by atoms with Crippen molar-refractivity contribution >= 4 is 5.91 Å². The number of benzene rings is 1. The summed E-state index contributed by atoms with van der Waals surface area (Å²) in [5, 5.41) is 9.14. The van der Waals surface area contributed by atoms with Crippen molar-refractivity contribution in [1.29, 1.82) is 0 Å². The summed E-state index contributed by atoms with van der Waals surface area (Å²) in [5.41, 5.74) is 1.88. The van der Waals surface area contributed by atoms with Crippen LogP contribution in [0.4, 0.5) is 0 Å². The van der Waals surface area contributed by atoms with E-state index in [9.17, 15) is 4.79 Å². The lowest BCUT2D eigenvalue weighted by Crippen LogP contribution is -2.40. The number of aliphatic hydroxyl groups is 1. The van der Waals surface area contributed by atoms with Crippen LogP contribution in [0.5, 0.6) is 0 Å². The Morgan fingerprint density at radius 2 is 1.89 bits per heavy atom. The van der Waals surface area contributed by atoms with Crippen LogP contribution in [0.3, 0.4) is 0 Å². The van der Waals surface area contributed by atoms with Gasteiger partial charge >= 0.3 is 0 Å². The molecule has 0 spiro atoms. The van der Waals surface area contributed by atoms with Crippen molar-refractivity contribution in [3.63, 3.8) is 0 Å². The fourth-order valence-electron chi connectivity index (χ4n) is 2.64. The molecule has 1 aromatic rings. The van der Waals surface area contributed by atoms with E-state index in [4.69, 9.17) is 5.11 Å². The van der Waals surface area contributed by atoms with Gasteiger partial charge in [0, 0.05) is 18.2 Å². The molecule has 3 heteroatoms. The van der Waals surface area contributed by atoms with Gasteiger partial charge in [-0.15, -0.1) is 0 Å². The molecule has 0 heterocycles. The maximum absolute atomic E-state index is 12.4. The number of carbonyl (C=O) groups excluding carboxylic acids is 1. The number of carbonyl (C=O) groups is 1. The molecular formula is C15H21NO2. The first-order chi connectivity index (χ1) is 8.72. The highest BCUT2D eigenvalue weighted by Crippen LogP contribution is 2.24. The van der Waals surface area contributed by atoms with E-state index in [0.29, 0.717) is 12.6 Å². The van der Waals surface area contributed by atoms with Crippen LogP contribution < -0.4 is 0 Å². The number of hydrogen-bond acceptors (Lipinski definition) is 2. The minimum atomic E-state index is 0.0358. The van der Waals surface area contributed by atoms with E-state index >= 15 is 0 Å². The van der Waals surface area contributed by atoms with E-state index in [1.165, 1.54) is 12.8 Å². The molecule has 1 fully saturated rings. The van der Waals surface area contributed by atoms with Crippen LogP contribution in [0.25, 0.3) is 0 Å². The topological polar surface area (TPSA) is 40.5 Å². The van der Waals surface area contributed by atoms with Crippen LogP contribution >= 0.6 is 0 Å². The van der Waals surface area contributed by atoms with E-state index in [1.807, 2.05) is 36.1 Å². The summed E-state index contributed by atoms with van der Waals surface area (Å²) >= 11 is 0. The standard InChI is InChI=1S/C15H21NO2/c1-12-6-8-13(9-7-12)15(18)16(10-11-17)14-4-2-3-5-14/h6-9,14,17H,2-5,10-11H2,1H3. The lowest BCUT2D eigenvalue weighted by Gasteiger charge is -2.28. The highest BCUT2D eigenvalue weighted by Gasteiger charge is 2.26. The average Bonchev–Trinajstić information content (AvgIpc) is 2.90. The molecule has 18 heavy (non-hydrogen) atoms. The summed E-state index contributed by atoms with van der Waals surface area (Å²) in [6.07, 6.45) is 4.51. The maximum atomic E-state index is 12.4. The largest absolute Gasteiger partial charge is 0.395 e. The van der Waals surface area contributed by atoms with Crippen molar-refractivity contribution in [3.8, 4) is 0 Å². The monoisotopic (exact) mass is 247 g/mol. The van der Waals surface area contributed by atoms with Gasteiger partial charge in [-0.25, -0.2) is 0 Å². The van der Waals surface area contributed by atoms with E-state index in [2.05, 4.69) is 0 Å². The zero-order valence-corrected chi connectivity index (χ0v) is 10.9. The first kappa shape index (κ1) is 13.1. The third-order valence-electron chi connectivity index (χ3n) is 3.67. The van der Waals surface area contributed by atoms with Crippen molar-refractivity contribution in [2.75, 3.05) is 13.2 Å². The van der Waals surface area contributed by atoms with Crippen molar-refractivity contribution in [2.24, 2.45) is 0 Å². The van der Waals surface area contributed by atoms with E-state index in [0.717, 1.165) is 24.0 Å². The Bertz CT molecular complexity index is 393. The van der Waals surface area contributed by atoms with Crippen molar-refractivity contribution in [1.82, 2.24) is 4.90 Å². The molecule has 0 unspecified atom stereocenters.